The van der Waals surface area contributed by atoms with Crippen LogP contribution in [0.1, 0.15) is 23.7 Å². The molecular formula is C12H15ClO5. The number of hydrogen-bond donors (Lipinski definition) is 3. The number of carbonyl (C=O) groups is 1. The summed E-state index contributed by atoms with van der Waals surface area (Å²) in [7, 11) is 1.20. The SMILES string of the molecule is COC(=O)CC(O)C(O)c1ccc(Cl)c(CO)c1. The lowest BCUT2D eigenvalue weighted by Crippen LogP contribution is -2.22. The molecule has 0 aliphatic carbocycles. The lowest BCUT2D eigenvalue weighted by molar-refractivity contribution is -0.144. The average molecular weight is 275 g/mol. The van der Waals surface area contributed by atoms with Crippen LogP contribution in [-0.4, -0.2) is 34.5 Å². The molecule has 0 spiro atoms. The molecule has 1 aromatic carbocycles. The van der Waals surface area contributed by atoms with Crippen molar-refractivity contribution in [1.82, 2.24) is 0 Å². The summed E-state index contributed by atoms with van der Waals surface area (Å²) < 4.78 is 4.40. The zero-order valence-corrected chi connectivity index (χ0v) is 10.6. The number of aliphatic hydroxyl groups excluding tert-OH is 3. The number of carbonyl (C=O) groups excluding carboxylic acids is 1. The Kier molecular flexibility index (Phi) is 5.55. The topological polar surface area (TPSA) is 87.0 Å². The molecule has 2 atom stereocenters. The number of esters is 1. The van der Waals surface area contributed by atoms with E-state index in [1.807, 2.05) is 0 Å². The van der Waals surface area contributed by atoms with E-state index >= 15 is 0 Å². The standard InChI is InChI=1S/C12H15ClO5/c1-18-11(16)5-10(15)12(17)7-2-3-9(13)8(4-7)6-14/h2-4,10,12,14-15,17H,5-6H2,1H3. The Morgan fingerprint density at radius 1 is 1.44 bits per heavy atom. The molecule has 5 nitrogen and oxygen atoms in total. The molecule has 0 aliphatic rings. The average Bonchev–Trinajstić information content (AvgIpc) is 2.38. The van der Waals surface area contributed by atoms with Crippen molar-refractivity contribution >= 4 is 17.6 Å². The maximum atomic E-state index is 11.0. The van der Waals surface area contributed by atoms with Crippen LogP contribution in [-0.2, 0) is 16.1 Å². The lowest BCUT2D eigenvalue weighted by Gasteiger charge is -2.18. The van der Waals surface area contributed by atoms with Crippen molar-refractivity contribution in [2.24, 2.45) is 0 Å². The first-order valence-electron chi connectivity index (χ1n) is 5.31. The van der Waals surface area contributed by atoms with Gasteiger partial charge in [-0.3, -0.25) is 4.79 Å². The van der Waals surface area contributed by atoms with Crippen molar-refractivity contribution in [3.63, 3.8) is 0 Å². The Hall–Kier alpha value is -1.14. The van der Waals surface area contributed by atoms with Gasteiger partial charge in [-0.15, -0.1) is 0 Å². The van der Waals surface area contributed by atoms with Crippen LogP contribution < -0.4 is 0 Å². The summed E-state index contributed by atoms with van der Waals surface area (Å²) in [6.45, 7) is -0.271. The quantitative estimate of drug-likeness (QED) is 0.691. The summed E-state index contributed by atoms with van der Waals surface area (Å²) in [5.74, 6) is -0.613. The van der Waals surface area contributed by atoms with Crippen LogP contribution in [0.4, 0.5) is 0 Å². The molecule has 0 aromatic heterocycles. The van der Waals surface area contributed by atoms with Crippen LogP contribution in [0.25, 0.3) is 0 Å². The first kappa shape index (κ1) is 14.9. The first-order chi connectivity index (χ1) is 8.49. The van der Waals surface area contributed by atoms with E-state index in [0.717, 1.165) is 0 Å². The maximum Gasteiger partial charge on any atom is 0.308 e. The monoisotopic (exact) mass is 274 g/mol. The van der Waals surface area contributed by atoms with E-state index in [1.165, 1.54) is 25.3 Å². The molecule has 0 bridgehead atoms. The maximum absolute atomic E-state index is 11.0. The molecule has 1 rings (SSSR count). The Morgan fingerprint density at radius 2 is 2.11 bits per heavy atom. The van der Waals surface area contributed by atoms with Gasteiger partial charge < -0.3 is 20.1 Å². The molecule has 0 saturated carbocycles. The summed E-state index contributed by atoms with van der Waals surface area (Å²) in [6.07, 6.45) is -2.83. The number of ether oxygens (including phenoxy) is 1. The van der Waals surface area contributed by atoms with Crippen molar-refractivity contribution in [1.29, 1.82) is 0 Å². The first-order valence-corrected chi connectivity index (χ1v) is 5.69. The molecule has 0 aliphatic heterocycles. The lowest BCUT2D eigenvalue weighted by atomic mass is 10.0. The van der Waals surface area contributed by atoms with Crippen molar-refractivity contribution in [2.75, 3.05) is 7.11 Å². The zero-order valence-electron chi connectivity index (χ0n) is 9.84. The van der Waals surface area contributed by atoms with Crippen LogP contribution in [0, 0.1) is 0 Å². The second-order valence-electron chi connectivity index (χ2n) is 3.80. The molecule has 0 radical (unpaired) electrons. The molecule has 100 valence electrons. The van der Waals surface area contributed by atoms with E-state index in [2.05, 4.69) is 4.74 Å². The molecule has 6 heteroatoms. The van der Waals surface area contributed by atoms with Crippen LogP contribution in [0.3, 0.4) is 0 Å². The smallest absolute Gasteiger partial charge is 0.308 e. The largest absolute Gasteiger partial charge is 0.469 e. The van der Waals surface area contributed by atoms with Gasteiger partial charge in [-0.1, -0.05) is 17.7 Å². The normalized spacial score (nSPS) is 14.1. The Bertz CT molecular complexity index is 421. The van der Waals surface area contributed by atoms with E-state index in [9.17, 15) is 15.0 Å². The number of hydrogen-bond acceptors (Lipinski definition) is 5. The Morgan fingerprint density at radius 3 is 2.67 bits per heavy atom. The minimum Gasteiger partial charge on any atom is -0.469 e. The molecule has 3 N–H and O–H groups in total. The van der Waals surface area contributed by atoms with Gasteiger partial charge in [0.05, 0.1) is 26.2 Å². The molecule has 2 unspecified atom stereocenters. The Labute approximate surface area is 110 Å². The second-order valence-corrected chi connectivity index (χ2v) is 4.21. The van der Waals surface area contributed by atoms with Gasteiger partial charge in [0, 0.05) is 5.02 Å². The van der Waals surface area contributed by atoms with Crippen molar-refractivity contribution in [3.05, 3.63) is 34.3 Å². The number of benzene rings is 1. The minimum absolute atomic E-state index is 0.271. The number of aliphatic hydroxyl groups is 3. The van der Waals surface area contributed by atoms with Crippen LogP contribution in [0.2, 0.25) is 5.02 Å². The van der Waals surface area contributed by atoms with Gasteiger partial charge in [0.15, 0.2) is 0 Å². The molecule has 1 aromatic rings. The van der Waals surface area contributed by atoms with Gasteiger partial charge in [0.1, 0.15) is 6.10 Å². The van der Waals surface area contributed by atoms with Gasteiger partial charge in [0.25, 0.3) is 0 Å². The molecule has 0 heterocycles. The third kappa shape index (κ3) is 3.68. The highest BCUT2D eigenvalue weighted by molar-refractivity contribution is 6.31. The number of halogens is 1. The molecular weight excluding hydrogens is 260 g/mol. The van der Waals surface area contributed by atoms with Crippen molar-refractivity contribution in [3.8, 4) is 0 Å². The fraction of sp³-hybridized carbons (Fsp3) is 0.417. The van der Waals surface area contributed by atoms with Crippen LogP contribution in [0.15, 0.2) is 18.2 Å². The Balaban J connectivity index is 2.83. The van der Waals surface area contributed by atoms with Gasteiger partial charge in [-0.2, -0.15) is 0 Å². The zero-order chi connectivity index (χ0) is 13.7. The fourth-order valence-corrected chi connectivity index (χ4v) is 1.66. The van der Waals surface area contributed by atoms with E-state index in [-0.39, 0.29) is 13.0 Å². The highest BCUT2D eigenvalue weighted by Gasteiger charge is 2.22. The van der Waals surface area contributed by atoms with Gasteiger partial charge >= 0.3 is 5.97 Å². The van der Waals surface area contributed by atoms with E-state index < -0.39 is 18.2 Å². The van der Waals surface area contributed by atoms with Gasteiger partial charge in [-0.05, 0) is 23.3 Å². The number of methoxy groups -OCH3 is 1. The summed E-state index contributed by atoms with van der Waals surface area (Å²) in [4.78, 5) is 11.0. The summed E-state index contributed by atoms with van der Waals surface area (Å²) in [6, 6.07) is 4.51. The highest BCUT2D eigenvalue weighted by Crippen LogP contribution is 2.24. The minimum atomic E-state index is -1.27. The molecule has 0 amide bonds. The predicted molar refractivity (Wildman–Crippen MR) is 65.0 cm³/mol. The predicted octanol–water partition coefficient (Wildman–Crippen LogP) is 0.790. The van der Waals surface area contributed by atoms with E-state index in [4.69, 9.17) is 16.7 Å². The van der Waals surface area contributed by atoms with E-state index in [1.54, 1.807) is 0 Å². The third-order valence-corrected chi connectivity index (χ3v) is 2.92. The molecule has 18 heavy (non-hydrogen) atoms. The third-order valence-electron chi connectivity index (χ3n) is 2.55. The van der Waals surface area contributed by atoms with Crippen molar-refractivity contribution < 1.29 is 24.9 Å². The summed E-state index contributed by atoms with van der Waals surface area (Å²) >= 11 is 5.81. The fourth-order valence-electron chi connectivity index (χ4n) is 1.49. The number of rotatable bonds is 5. The van der Waals surface area contributed by atoms with Crippen molar-refractivity contribution in [2.45, 2.75) is 25.2 Å². The van der Waals surface area contributed by atoms with Crippen LogP contribution >= 0.6 is 11.6 Å². The highest BCUT2D eigenvalue weighted by atomic mass is 35.5. The summed E-state index contributed by atoms with van der Waals surface area (Å²) in [5.41, 5.74) is 0.818. The molecule has 0 saturated heterocycles. The van der Waals surface area contributed by atoms with Gasteiger partial charge in [-0.25, -0.2) is 0 Å². The van der Waals surface area contributed by atoms with Crippen LogP contribution in [0.5, 0.6) is 0 Å². The van der Waals surface area contributed by atoms with E-state index in [0.29, 0.717) is 16.1 Å². The second kappa shape index (κ2) is 6.70. The summed E-state index contributed by atoms with van der Waals surface area (Å²) in [5, 5.41) is 28.9. The molecule has 0 fully saturated rings. The van der Waals surface area contributed by atoms with Gasteiger partial charge in [0.2, 0.25) is 0 Å².